The lowest BCUT2D eigenvalue weighted by molar-refractivity contribution is -0.141. The van der Waals surface area contributed by atoms with Gasteiger partial charge in [-0.15, -0.1) is 0 Å². The van der Waals surface area contributed by atoms with Crippen LogP contribution in [-0.2, 0) is 20.9 Å². The van der Waals surface area contributed by atoms with Gasteiger partial charge in [-0.25, -0.2) is 14.2 Å². The van der Waals surface area contributed by atoms with Gasteiger partial charge in [-0.2, -0.15) is 0 Å². The van der Waals surface area contributed by atoms with Crippen LogP contribution in [0.1, 0.15) is 37.4 Å². The minimum atomic E-state index is -0.904. The maximum atomic E-state index is 14.8. The summed E-state index contributed by atoms with van der Waals surface area (Å²) in [5.41, 5.74) is 1.71. The number of amides is 1. The number of hydrogen-bond donors (Lipinski definition) is 0. The van der Waals surface area contributed by atoms with E-state index in [0.29, 0.717) is 17.3 Å². The molecule has 2 unspecified atom stereocenters. The number of carbonyl (C=O) groups excluding carboxylic acids is 2. The van der Waals surface area contributed by atoms with Gasteiger partial charge in [-0.05, 0) is 25.0 Å². The summed E-state index contributed by atoms with van der Waals surface area (Å²) < 4.78 is 20.3. The van der Waals surface area contributed by atoms with E-state index in [1.165, 1.54) is 22.7 Å². The van der Waals surface area contributed by atoms with Crippen molar-refractivity contribution in [2.75, 3.05) is 0 Å². The molecule has 30 heavy (non-hydrogen) atoms. The third-order valence-corrected chi connectivity index (χ3v) is 6.47. The first kappa shape index (κ1) is 20.3. The van der Waals surface area contributed by atoms with Gasteiger partial charge in [0.25, 0.3) is 0 Å². The lowest BCUT2D eigenvalue weighted by Gasteiger charge is -2.33. The number of amidine groups is 1. The first-order valence-corrected chi connectivity index (χ1v) is 10.6. The zero-order valence-corrected chi connectivity index (χ0v) is 17.5. The molecular formula is C23H21FN2O3S. The van der Waals surface area contributed by atoms with Gasteiger partial charge in [0.05, 0.1) is 16.5 Å². The van der Waals surface area contributed by atoms with Crippen LogP contribution in [0.2, 0.25) is 0 Å². The summed E-state index contributed by atoms with van der Waals surface area (Å²) in [7, 11) is 0. The number of halogens is 1. The van der Waals surface area contributed by atoms with Crippen LogP contribution < -0.4 is 0 Å². The SMILES string of the molecule is CCC1SC2=NC(C)=C(C(=O)OCc3ccccc3)C(c3ccccc3F)N2C1=O. The highest BCUT2D eigenvalue weighted by Gasteiger charge is 2.47. The molecule has 2 aromatic rings. The fourth-order valence-electron chi connectivity index (χ4n) is 3.64. The Morgan fingerprint density at radius 3 is 2.57 bits per heavy atom. The standard InChI is InChI=1S/C23H21FN2O3S/c1-3-18-21(27)26-20(16-11-7-8-12-17(16)24)19(14(2)25-23(26)30-18)22(28)29-13-15-9-5-4-6-10-15/h4-12,18,20H,3,13H2,1-2H3. The summed E-state index contributed by atoms with van der Waals surface area (Å²) in [4.78, 5) is 32.1. The van der Waals surface area contributed by atoms with E-state index in [1.807, 2.05) is 37.3 Å². The summed E-state index contributed by atoms with van der Waals surface area (Å²) in [6, 6.07) is 14.6. The quantitative estimate of drug-likeness (QED) is 0.658. The predicted octanol–water partition coefficient (Wildman–Crippen LogP) is 4.61. The van der Waals surface area contributed by atoms with Gasteiger partial charge in [-0.3, -0.25) is 9.69 Å². The molecule has 154 valence electrons. The summed E-state index contributed by atoms with van der Waals surface area (Å²) in [6.07, 6.45) is 0.621. The number of benzene rings is 2. The van der Waals surface area contributed by atoms with E-state index in [2.05, 4.69) is 4.99 Å². The predicted molar refractivity (Wildman–Crippen MR) is 114 cm³/mol. The Kier molecular flexibility index (Phi) is 5.72. The van der Waals surface area contributed by atoms with E-state index < -0.39 is 17.8 Å². The van der Waals surface area contributed by atoms with E-state index in [-0.39, 0.29) is 28.9 Å². The van der Waals surface area contributed by atoms with Crippen LogP contribution in [-0.4, -0.2) is 27.2 Å². The van der Waals surface area contributed by atoms with E-state index in [4.69, 9.17) is 4.74 Å². The van der Waals surface area contributed by atoms with Crippen LogP contribution >= 0.6 is 11.8 Å². The van der Waals surface area contributed by atoms with Crippen molar-refractivity contribution in [3.05, 3.63) is 82.8 Å². The van der Waals surface area contributed by atoms with Gasteiger partial charge in [0.1, 0.15) is 18.5 Å². The Morgan fingerprint density at radius 1 is 1.17 bits per heavy atom. The summed E-state index contributed by atoms with van der Waals surface area (Å²) in [5, 5.41) is 0.197. The number of aliphatic imine (C=N–C) groups is 1. The van der Waals surface area contributed by atoms with Crippen LogP contribution in [0.5, 0.6) is 0 Å². The zero-order chi connectivity index (χ0) is 21.3. The molecule has 2 aliphatic heterocycles. The molecule has 0 bridgehead atoms. The normalized spacial score (nSPS) is 20.8. The molecular weight excluding hydrogens is 403 g/mol. The highest BCUT2D eigenvalue weighted by Crippen LogP contribution is 2.44. The number of rotatable bonds is 5. The Bertz CT molecular complexity index is 1050. The Hall–Kier alpha value is -2.93. The maximum absolute atomic E-state index is 14.8. The molecule has 2 aliphatic rings. The first-order valence-electron chi connectivity index (χ1n) is 9.76. The molecule has 7 heteroatoms. The summed E-state index contributed by atoms with van der Waals surface area (Å²) >= 11 is 1.35. The van der Waals surface area contributed by atoms with Crippen LogP contribution in [0.15, 0.2) is 70.9 Å². The molecule has 0 radical (unpaired) electrons. The first-order chi connectivity index (χ1) is 14.5. The Labute approximate surface area is 178 Å². The number of ether oxygens (including phenoxy) is 1. The van der Waals surface area contributed by atoms with E-state index in [0.717, 1.165) is 5.56 Å². The summed E-state index contributed by atoms with van der Waals surface area (Å²) in [6.45, 7) is 3.70. The molecule has 2 heterocycles. The van der Waals surface area contributed by atoms with Gasteiger partial charge in [0.15, 0.2) is 5.17 Å². The molecule has 1 fully saturated rings. The second kappa shape index (κ2) is 8.44. The highest BCUT2D eigenvalue weighted by molar-refractivity contribution is 8.15. The van der Waals surface area contributed by atoms with Crippen LogP contribution in [0.3, 0.4) is 0 Å². The van der Waals surface area contributed by atoms with Crippen molar-refractivity contribution in [2.24, 2.45) is 4.99 Å². The number of nitrogens with zero attached hydrogens (tertiary/aromatic N) is 2. The monoisotopic (exact) mass is 424 g/mol. The fourth-order valence-corrected chi connectivity index (χ4v) is 4.78. The largest absolute Gasteiger partial charge is 0.457 e. The van der Waals surface area contributed by atoms with E-state index in [1.54, 1.807) is 25.1 Å². The smallest absolute Gasteiger partial charge is 0.338 e. The molecule has 0 N–H and O–H groups in total. The van der Waals surface area contributed by atoms with Gasteiger partial charge in [-0.1, -0.05) is 67.2 Å². The molecule has 0 saturated carbocycles. The van der Waals surface area contributed by atoms with Crippen LogP contribution in [0, 0.1) is 5.82 Å². The number of allylic oxidation sites excluding steroid dienone is 1. The lowest BCUT2D eigenvalue weighted by atomic mass is 9.93. The van der Waals surface area contributed by atoms with Crippen molar-refractivity contribution < 1.29 is 18.7 Å². The van der Waals surface area contributed by atoms with E-state index >= 15 is 0 Å². The van der Waals surface area contributed by atoms with Gasteiger partial charge >= 0.3 is 5.97 Å². The number of fused-ring (bicyclic) bond motifs is 1. The van der Waals surface area contributed by atoms with Crippen molar-refractivity contribution in [3.8, 4) is 0 Å². The average Bonchev–Trinajstić information content (AvgIpc) is 3.07. The molecule has 0 aliphatic carbocycles. The molecule has 0 spiro atoms. The maximum Gasteiger partial charge on any atom is 0.338 e. The Morgan fingerprint density at radius 2 is 1.87 bits per heavy atom. The van der Waals surface area contributed by atoms with Gasteiger partial charge < -0.3 is 4.74 Å². The van der Waals surface area contributed by atoms with Crippen molar-refractivity contribution in [1.29, 1.82) is 0 Å². The van der Waals surface area contributed by atoms with Gasteiger partial charge in [0, 0.05) is 5.56 Å². The fraction of sp³-hybridized carbons (Fsp3) is 0.261. The lowest BCUT2D eigenvalue weighted by Crippen LogP contribution is -2.41. The second-order valence-corrected chi connectivity index (χ2v) is 8.27. The number of esters is 1. The number of carbonyl (C=O) groups is 2. The van der Waals surface area contributed by atoms with Crippen LogP contribution in [0.4, 0.5) is 4.39 Å². The van der Waals surface area contributed by atoms with Gasteiger partial charge in [0.2, 0.25) is 5.91 Å². The van der Waals surface area contributed by atoms with Crippen molar-refractivity contribution in [1.82, 2.24) is 4.90 Å². The van der Waals surface area contributed by atoms with E-state index in [9.17, 15) is 14.0 Å². The average molecular weight is 424 g/mol. The minimum Gasteiger partial charge on any atom is -0.457 e. The third-order valence-electron chi connectivity index (χ3n) is 5.15. The molecule has 2 aromatic carbocycles. The zero-order valence-electron chi connectivity index (χ0n) is 16.7. The second-order valence-electron chi connectivity index (χ2n) is 7.10. The number of thioether (sulfide) groups is 1. The summed E-state index contributed by atoms with van der Waals surface area (Å²) in [5.74, 6) is -1.26. The molecule has 4 rings (SSSR count). The third kappa shape index (κ3) is 3.65. The highest BCUT2D eigenvalue weighted by atomic mass is 32.2. The molecule has 1 saturated heterocycles. The molecule has 5 nitrogen and oxygen atoms in total. The van der Waals surface area contributed by atoms with Crippen molar-refractivity contribution >= 4 is 28.8 Å². The topological polar surface area (TPSA) is 59.0 Å². The molecule has 0 aromatic heterocycles. The Balaban J connectivity index is 1.73. The molecule has 1 amide bonds. The minimum absolute atomic E-state index is 0.0807. The van der Waals surface area contributed by atoms with Crippen LogP contribution in [0.25, 0.3) is 0 Å². The molecule has 2 atom stereocenters. The van der Waals surface area contributed by atoms with Crippen molar-refractivity contribution in [2.45, 2.75) is 38.2 Å². The van der Waals surface area contributed by atoms with Crippen molar-refractivity contribution in [3.63, 3.8) is 0 Å². The number of hydrogen-bond acceptors (Lipinski definition) is 5.